The van der Waals surface area contributed by atoms with Gasteiger partial charge in [0.1, 0.15) is 12.1 Å². The molecule has 2 aliphatic rings. The van der Waals surface area contributed by atoms with E-state index in [-0.39, 0.29) is 37.5 Å². The fourth-order valence-corrected chi connectivity index (χ4v) is 4.23. The fraction of sp³-hybridized carbons (Fsp3) is 0.522. The van der Waals surface area contributed by atoms with Gasteiger partial charge in [-0.25, -0.2) is 4.79 Å². The molecule has 34 heavy (non-hydrogen) atoms. The van der Waals surface area contributed by atoms with Gasteiger partial charge in [0, 0.05) is 12.5 Å². The second-order valence-corrected chi connectivity index (χ2v) is 8.69. The third-order valence-corrected chi connectivity index (χ3v) is 6.06. The van der Waals surface area contributed by atoms with Crippen LogP contribution in [0.1, 0.15) is 31.7 Å². The number of carboxylic acids is 1. The van der Waals surface area contributed by atoms with E-state index >= 15 is 0 Å². The van der Waals surface area contributed by atoms with Gasteiger partial charge in [-0.3, -0.25) is 19.2 Å². The molecule has 2 saturated heterocycles. The van der Waals surface area contributed by atoms with Gasteiger partial charge in [0.2, 0.25) is 23.6 Å². The van der Waals surface area contributed by atoms with Crippen molar-refractivity contribution >= 4 is 29.6 Å². The molecular formula is C23H31N5O6. The van der Waals surface area contributed by atoms with Gasteiger partial charge >= 0.3 is 5.97 Å². The summed E-state index contributed by atoms with van der Waals surface area (Å²) in [4.78, 5) is 62.4. The van der Waals surface area contributed by atoms with Crippen molar-refractivity contribution in [1.29, 1.82) is 0 Å². The van der Waals surface area contributed by atoms with Gasteiger partial charge in [0.25, 0.3) is 0 Å². The van der Waals surface area contributed by atoms with Crippen LogP contribution in [-0.4, -0.2) is 83.4 Å². The summed E-state index contributed by atoms with van der Waals surface area (Å²) in [6.45, 7) is 1.97. The number of hydrogen-bond acceptors (Lipinski definition) is 6. The summed E-state index contributed by atoms with van der Waals surface area (Å²) < 4.78 is 0. The van der Waals surface area contributed by atoms with Crippen LogP contribution in [0.2, 0.25) is 0 Å². The molecule has 2 aliphatic heterocycles. The quantitative estimate of drug-likeness (QED) is 0.285. The molecule has 2 heterocycles. The minimum absolute atomic E-state index is 0.117. The van der Waals surface area contributed by atoms with Crippen molar-refractivity contribution in [2.24, 2.45) is 0 Å². The Hall–Kier alpha value is -3.47. The maximum atomic E-state index is 12.8. The lowest BCUT2D eigenvalue weighted by atomic mass is 10.1. The Morgan fingerprint density at radius 3 is 2.56 bits per heavy atom. The van der Waals surface area contributed by atoms with Crippen LogP contribution in [0.25, 0.3) is 0 Å². The molecule has 0 saturated carbocycles. The number of rotatable bonds is 10. The summed E-state index contributed by atoms with van der Waals surface area (Å²) in [5, 5.41) is 20.2. The number of nitrogens with one attached hydrogen (secondary N) is 4. The summed E-state index contributed by atoms with van der Waals surface area (Å²) >= 11 is 0. The number of carboxylic acid groups (broad SMARTS) is 1. The molecule has 0 radical (unpaired) electrons. The highest BCUT2D eigenvalue weighted by Gasteiger charge is 2.39. The van der Waals surface area contributed by atoms with Crippen molar-refractivity contribution in [2.45, 2.75) is 56.8 Å². The number of carbonyl (C=O) groups excluding carboxylic acids is 4. The number of likely N-dealkylation sites (tertiary alicyclic amines) is 1. The van der Waals surface area contributed by atoms with Crippen molar-refractivity contribution < 1.29 is 29.1 Å². The lowest BCUT2D eigenvalue weighted by Gasteiger charge is -2.22. The summed E-state index contributed by atoms with van der Waals surface area (Å²) in [7, 11) is 0. The largest absolute Gasteiger partial charge is 0.480 e. The molecule has 2 fully saturated rings. The third kappa shape index (κ3) is 6.77. The van der Waals surface area contributed by atoms with Crippen molar-refractivity contribution in [2.75, 3.05) is 19.6 Å². The van der Waals surface area contributed by atoms with Gasteiger partial charge < -0.3 is 31.3 Å². The van der Waals surface area contributed by atoms with E-state index < -0.39 is 35.8 Å². The molecule has 4 atom stereocenters. The molecule has 11 heteroatoms. The highest BCUT2D eigenvalue weighted by molar-refractivity contribution is 5.94. The predicted molar refractivity (Wildman–Crippen MR) is 121 cm³/mol. The summed E-state index contributed by atoms with van der Waals surface area (Å²) in [5.74, 6) is -2.92. The zero-order valence-electron chi connectivity index (χ0n) is 19.1. The van der Waals surface area contributed by atoms with E-state index in [0.29, 0.717) is 6.42 Å². The van der Waals surface area contributed by atoms with E-state index in [9.17, 15) is 29.1 Å². The van der Waals surface area contributed by atoms with E-state index in [4.69, 9.17) is 0 Å². The molecule has 5 N–H and O–H groups in total. The Bertz CT molecular complexity index is 918. The van der Waals surface area contributed by atoms with Crippen LogP contribution in [0.3, 0.4) is 0 Å². The summed E-state index contributed by atoms with van der Waals surface area (Å²) in [5.41, 5.74) is 0.763. The van der Waals surface area contributed by atoms with Crippen LogP contribution in [0, 0.1) is 0 Å². The van der Waals surface area contributed by atoms with Crippen LogP contribution in [0.4, 0.5) is 0 Å². The Morgan fingerprint density at radius 1 is 1.18 bits per heavy atom. The van der Waals surface area contributed by atoms with Crippen LogP contribution in [0.5, 0.6) is 0 Å². The second-order valence-electron chi connectivity index (χ2n) is 8.69. The van der Waals surface area contributed by atoms with Gasteiger partial charge in [-0.2, -0.15) is 0 Å². The lowest BCUT2D eigenvalue weighted by molar-refractivity contribution is -0.142. The Morgan fingerprint density at radius 2 is 1.91 bits per heavy atom. The number of amides is 4. The molecule has 11 nitrogen and oxygen atoms in total. The molecule has 1 aromatic rings. The standard InChI is InChI=1S/C23H31N5O6/c1-14-10-17(26-19(29)12-25-21(31)16-8-5-9-24-16)22(32)28(14)13-20(30)27-18(23(33)34)11-15-6-3-2-4-7-15/h2-4,6-7,14,16-18,24H,5,8-13H2,1H3,(H,25,31)(H,26,29)(H,27,30)(H,33,34)/t14?,16-,17-,18-/m0/s1. The van der Waals surface area contributed by atoms with Crippen LogP contribution >= 0.6 is 0 Å². The van der Waals surface area contributed by atoms with E-state index in [0.717, 1.165) is 24.9 Å². The van der Waals surface area contributed by atoms with Crippen LogP contribution in [0.15, 0.2) is 30.3 Å². The van der Waals surface area contributed by atoms with Gasteiger partial charge in [0.05, 0.1) is 19.1 Å². The van der Waals surface area contributed by atoms with E-state index in [1.54, 1.807) is 31.2 Å². The van der Waals surface area contributed by atoms with Crippen LogP contribution in [-0.2, 0) is 30.4 Å². The van der Waals surface area contributed by atoms with E-state index in [2.05, 4.69) is 21.3 Å². The fourth-order valence-electron chi connectivity index (χ4n) is 4.23. The molecular weight excluding hydrogens is 442 g/mol. The molecule has 0 bridgehead atoms. The smallest absolute Gasteiger partial charge is 0.326 e. The monoisotopic (exact) mass is 473 g/mol. The highest BCUT2D eigenvalue weighted by Crippen LogP contribution is 2.18. The van der Waals surface area contributed by atoms with Crippen molar-refractivity contribution in [3.8, 4) is 0 Å². The first-order valence-electron chi connectivity index (χ1n) is 11.4. The topological polar surface area (TPSA) is 157 Å². The Kier molecular flexibility index (Phi) is 8.58. The minimum atomic E-state index is -1.17. The Labute approximate surface area is 197 Å². The predicted octanol–water partition coefficient (Wildman–Crippen LogP) is -1.23. The molecule has 3 rings (SSSR count). The van der Waals surface area contributed by atoms with Gasteiger partial charge in [-0.05, 0) is 38.3 Å². The number of hydrogen-bond donors (Lipinski definition) is 5. The first-order valence-corrected chi connectivity index (χ1v) is 11.4. The molecule has 0 spiro atoms. The van der Waals surface area contributed by atoms with E-state index in [1.165, 1.54) is 4.90 Å². The van der Waals surface area contributed by atoms with Crippen molar-refractivity contribution in [3.63, 3.8) is 0 Å². The highest BCUT2D eigenvalue weighted by atomic mass is 16.4. The molecule has 1 aromatic carbocycles. The normalized spacial score (nSPS) is 22.8. The summed E-state index contributed by atoms with van der Waals surface area (Å²) in [6.07, 6.45) is 2.05. The first-order chi connectivity index (χ1) is 16.2. The zero-order valence-corrected chi connectivity index (χ0v) is 19.1. The molecule has 1 unspecified atom stereocenters. The first kappa shape index (κ1) is 25.2. The van der Waals surface area contributed by atoms with Crippen molar-refractivity contribution in [1.82, 2.24) is 26.2 Å². The average Bonchev–Trinajstić information content (AvgIpc) is 3.43. The molecule has 0 aliphatic carbocycles. The summed E-state index contributed by atoms with van der Waals surface area (Å²) in [6, 6.07) is 6.37. The average molecular weight is 474 g/mol. The number of nitrogens with zero attached hydrogens (tertiary/aromatic N) is 1. The number of carbonyl (C=O) groups is 5. The van der Waals surface area contributed by atoms with E-state index in [1.807, 2.05) is 6.07 Å². The molecule has 184 valence electrons. The maximum Gasteiger partial charge on any atom is 0.326 e. The molecule has 0 aromatic heterocycles. The van der Waals surface area contributed by atoms with Gasteiger partial charge in [-0.1, -0.05) is 30.3 Å². The maximum absolute atomic E-state index is 12.8. The third-order valence-electron chi connectivity index (χ3n) is 6.06. The SMILES string of the molecule is CC1C[C@H](NC(=O)CNC(=O)[C@@H]2CCCN2)C(=O)N1CC(=O)N[C@@H](Cc1ccccc1)C(=O)O. The van der Waals surface area contributed by atoms with Crippen LogP contribution < -0.4 is 21.3 Å². The Balaban J connectivity index is 1.47. The number of benzene rings is 1. The lowest BCUT2D eigenvalue weighted by Crippen LogP contribution is -2.50. The van der Waals surface area contributed by atoms with Crippen molar-refractivity contribution in [3.05, 3.63) is 35.9 Å². The molecule has 4 amide bonds. The van der Waals surface area contributed by atoms with Gasteiger partial charge in [-0.15, -0.1) is 0 Å². The second kappa shape index (κ2) is 11.6. The zero-order chi connectivity index (χ0) is 24.7. The van der Waals surface area contributed by atoms with Gasteiger partial charge in [0.15, 0.2) is 0 Å². The number of aliphatic carboxylic acids is 1. The minimum Gasteiger partial charge on any atom is -0.480 e.